The molecule has 1 atom stereocenters. The molecule has 3 rings (SSSR count). The van der Waals surface area contributed by atoms with Gasteiger partial charge in [-0.05, 0) is 48.9 Å². The van der Waals surface area contributed by atoms with Gasteiger partial charge in [0.25, 0.3) is 5.91 Å². The molecule has 6 nitrogen and oxygen atoms in total. The summed E-state index contributed by atoms with van der Waals surface area (Å²) in [5, 5.41) is 11.7. The van der Waals surface area contributed by atoms with Crippen molar-refractivity contribution in [2.45, 2.75) is 12.8 Å². The lowest BCUT2D eigenvalue weighted by Gasteiger charge is -2.15. The molecule has 6 heteroatoms. The van der Waals surface area contributed by atoms with Crippen LogP contribution in [0.1, 0.15) is 17.0 Å². The van der Waals surface area contributed by atoms with Gasteiger partial charge < -0.3 is 10.1 Å². The summed E-state index contributed by atoms with van der Waals surface area (Å²) in [6.45, 7) is 2.00. The monoisotopic (exact) mass is 376 g/mol. The Balaban J connectivity index is 1.70. The van der Waals surface area contributed by atoms with Crippen LogP contribution >= 0.6 is 0 Å². The molecular formula is C22H20N2O4. The molecule has 0 aliphatic carbocycles. The van der Waals surface area contributed by atoms with Crippen molar-refractivity contribution in [1.29, 1.82) is 0 Å². The second kappa shape index (κ2) is 8.83. The molecule has 3 aromatic carbocycles. The lowest BCUT2D eigenvalue weighted by molar-refractivity contribution is -0.135. The number of hydrogen-bond acceptors (Lipinski definition) is 4. The van der Waals surface area contributed by atoms with E-state index in [1.54, 1.807) is 60.1 Å². The van der Waals surface area contributed by atoms with Gasteiger partial charge in [0, 0.05) is 5.69 Å². The third-order valence-corrected chi connectivity index (χ3v) is 4.15. The van der Waals surface area contributed by atoms with Gasteiger partial charge in [-0.25, -0.2) is 5.48 Å². The first-order chi connectivity index (χ1) is 13.6. The van der Waals surface area contributed by atoms with E-state index in [0.717, 1.165) is 5.56 Å². The van der Waals surface area contributed by atoms with Crippen LogP contribution in [0, 0.1) is 6.92 Å². The first-order valence-corrected chi connectivity index (χ1v) is 8.71. The van der Waals surface area contributed by atoms with Crippen molar-refractivity contribution in [3.63, 3.8) is 0 Å². The van der Waals surface area contributed by atoms with E-state index in [1.807, 2.05) is 31.2 Å². The maximum absolute atomic E-state index is 12.6. The average Bonchev–Trinajstić information content (AvgIpc) is 2.72. The highest BCUT2D eigenvalue weighted by Crippen LogP contribution is 2.24. The van der Waals surface area contributed by atoms with Gasteiger partial charge in [-0.2, -0.15) is 0 Å². The quantitative estimate of drug-likeness (QED) is 0.345. The zero-order chi connectivity index (χ0) is 19.9. The van der Waals surface area contributed by atoms with Gasteiger partial charge in [-0.15, -0.1) is 0 Å². The van der Waals surface area contributed by atoms with Crippen LogP contribution in [0.4, 0.5) is 5.69 Å². The summed E-state index contributed by atoms with van der Waals surface area (Å²) in [6.07, 6.45) is 0. The lowest BCUT2D eigenvalue weighted by atomic mass is 9.97. The molecule has 142 valence electrons. The predicted molar refractivity (Wildman–Crippen MR) is 105 cm³/mol. The second-order valence-electron chi connectivity index (χ2n) is 6.25. The van der Waals surface area contributed by atoms with E-state index >= 15 is 0 Å². The Hall–Kier alpha value is -3.64. The van der Waals surface area contributed by atoms with Crippen LogP contribution in [0.25, 0.3) is 0 Å². The fraction of sp³-hybridized carbons (Fsp3) is 0.0909. The van der Waals surface area contributed by atoms with Crippen molar-refractivity contribution >= 4 is 17.5 Å². The summed E-state index contributed by atoms with van der Waals surface area (Å²) >= 11 is 0. The van der Waals surface area contributed by atoms with Crippen molar-refractivity contribution in [2.75, 3.05) is 5.32 Å². The van der Waals surface area contributed by atoms with Crippen LogP contribution in [-0.4, -0.2) is 17.0 Å². The number of anilines is 1. The standard InChI is InChI=1S/C22H20N2O4/c1-15-7-11-18(12-8-15)28-19-13-9-17(10-14-19)23-21(25)20(22(26)24-27)16-5-3-2-4-6-16/h2-14,20,27H,1H3,(H,23,25)(H,24,26). The van der Waals surface area contributed by atoms with Crippen LogP contribution in [0.15, 0.2) is 78.9 Å². The molecular weight excluding hydrogens is 356 g/mol. The molecule has 2 amide bonds. The molecule has 0 radical (unpaired) electrons. The van der Waals surface area contributed by atoms with Crippen LogP contribution in [-0.2, 0) is 9.59 Å². The summed E-state index contributed by atoms with van der Waals surface area (Å²) in [5.74, 6) is -1.19. The molecule has 0 aliphatic heterocycles. The smallest absolute Gasteiger partial charge is 0.260 e. The van der Waals surface area contributed by atoms with Crippen LogP contribution in [0.2, 0.25) is 0 Å². The first-order valence-electron chi connectivity index (χ1n) is 8.71. The zero-order valence-corrected chi connectivity index (χ0v) is 15.3. The highest BCUT2D eigenvalue weighted by molar-refractivity contribution is 6.10. The molecule has 28 heavy (non-hydrogen) atoms. The number of carbonyl (C=O) groups excluding carboxylic acids is 2. The molecule has 3 aromatic rings. The molecule has 0 saturated heterocycles. The Labute approximate surface area is 162 Å². The first kappa shape index (κ1) is 19.1. The molecule has 0 heterocycles. The van der Waals surface area contributed by atoms with Gasteiger partial charge in [-0.3, -0.25) is 14.8 Å². The fourth-order valence-electron chi connectivity index (χ4n) is 2.69. The molecule has 1 unspecified atom stereocenters. The van der Waals surface area contributed by atoms with E-state index in [4.69, 9.17) is 9.94 Å². The van der Waals surface area contributed by atoms with Gasteiger partial charge in [0.2, 0.25) is 5.91 Å². The number of carbonyl (C=O) groups is 2. The number of amides is 2. The second-order valence-corrected chi connectivity index (χ2v) is 6.25. The number of aryl methyl sites for hydroxylation is 1. The van der Waals surface area contributed by atoms with E-state index < -0.39 is 17.7 Å². The molecule has 3 N–H and O–H groups in total. The average molecular weight is 376 g/mol. The number of ether oxygens (including phenoxy) is 1. The van der Waals surface area contributed by atoms with Gasteiger partial charge in [-0.1, -0.05) is 48.0 Å². The molecule has 0 aliphatic rings. The Morgan fingerprint density at radius 3 is 1.96 bits per heavy atom. The van der Waals surface area contributed by atoms with E-state index in [-0.39, 0.29) is 0 Å². The van der Waals surface area contributed by atoms with Crippen molar-refractivity contribution in [1.82, 2.24) is 5.48 Å². The van der Waals surface area contributed by atoms with Gasteiger partial charge in [0.15, 0.2) is 0 Å². The van der Waals surface area contributed by atoms with Crippen LogP contribution in [0.3, 0.4) is 0 Å². The zero-order valence-electron chi connectivity index (χ0n) is 15.3. The normalized spacial score (nSPS) is 11.4. The summed E-state index contributed by atoms with van der Waals surface area (Å²) in [5.41, 5.74) is 3.68. The molecule has 0 spiro atoms. The number of nitrogens with one attached hydrogen (secondary N) is 2. The highest BCUT2D eigenvalue weighted by atomic mass is 16.5. The number of hydrogen-bond donors (Lipinski definition) is 3. The summed E-state index contributed by atoms with van der Waals surface area (Å²) in [4.78, 5) is 24.6. The summed E-state index contributed by atoms with van der Waals surface area (Å²) in [7, 11) is 0. The third-order valence-electron chi connectivity index (χ3n) is 4.15. The minimum absolute atomic E-state index is 0.478. The van der Waals surface area contributed by atoms with Crippen molar-refractivity contribution in [2.24, 2.45) is 0 Å². The van der Waals surface area contributed by atoms with E-state index in [0.29, 0.717) is 22.7 Å². The minimum atomic E-state index is -1.17. The van der Waals surface area contributed by atoms with Crippen molar-refractivity contribution in [3.05, 3.63) is 90.0 Å². The van der Waals surface area contributed by atoms with Gasteiger partial charge >= 0.3 is 0 Å². The number of rotatable bonds is 6. The number of hydroxylamine groups is 1. The SMILES string of the molecule is Cc1ccc(Oc2ccc(NC(=O)C(C(=O)NO)c3ccccc3)cc2)cc1. The van der Waals surface area contributed by atoms with Gasteiger partial charge in [0.1, 0.15) is 17.4 Å². The van der Waals surface area contributed by atoms with E-state index in [2.05, 4.69) is 5.32 Å². The Bertz CT molecular complexity index is 939. The maximum atomic E-state index is 12.6. The minimum Gasteiger partial charge on any atom is -0.457 e. The predicted octanol–water partition coefficient (Wildman–Crippen LogP) is 4.02. The largest absolute Gasteiger partial charge is 0.457 e. The molecule has 0 fully saturated rings. The van der Waals surface area contributed by atoms with Crippen LogP contribution in [0.5, 0.6) is 11.5 Å². The third kappa shape index (κ3) is 4.75. The molecule has 0 aromatic heterocycles. The highest BCUT2D eigenvalue weighted by Gasteiger charge is 2.28. The Morgan fingerprint density at radius 1 is 0.821 bits per heavy atom. The lowest BCUT2D eigenvalue weighted by Crippen LogP contribution is -2.35. The van der Waals surface area contributed by atoms with Crippen molar-refractivity contribution < 1.29 is 19.5 Å². The Morgan fingerprint density at radius 2 is 1.39 bits per heavy atom. The molecule has 0 bridgehead atoms. The van der Waals surface area contributed by atoms with E-state index in [9.17, 15) is 9.59 Å². The summed E-state index contributed by atoms with van der Waals surface area (Å²) in [6, 6.07) is 23.0. The van der Waals surface area contributed by atoms with Crippen molar-refractivity contribution in [3.8, 4) is 11.5 Å². The Kier molecular flexibility index (Phi) is 6.04. The van der Waals surface area contributed by atoms with Gasteiger partial charge in [0.05, 0.1) is 0 Å². The van der Waals surface area contributed by atoms with Crippen LogP contribution < -0.4 is 15.5 Å². The topological polar surface area (TPSA) is 87.7 Å². The molecule has 0 saturated carbocycles. The fourth-order valence-corrected chi connectivity index (χ4v) is 2.69. The summed E-state index contributed by atoms with van der Waals surface area (Å²) < 4.78 is 5.76. The number of benzene rings is 3. The van der Waals surface area contributed by atoms with E-state index in [1.165, 1.54) is 0 Å². The maximum Gasteiger partial charge on any atom is 0.260 e.